The van der Waals surface area contributed by atoms with Crippen LogP contribution in [-0.2, 0) is 46.8 Å². The summed E-state index contributed by atoms with van der Waals surface area (Å²) in [6, 6.07) is 22.2. The van der Waals surface area contributed by atoms with Crippen LogP contribution in [0.4, 0.5) is 13.2 Å². The first-order chi connectivity index (χ1) is 16.8. The van der Waals surface area contributed by atoms with Gasteiger partial charge in [0, 0.05) is 11.1 Å². The Morgan fingerprint density at radius 1 is 0.917 bits per heavy atom. The van der Waals surface area contributed by atoms with Crippen LogP contribution in [0.2, 0.25) is 0 Å². The molecule has 1 atom stereocenters. The molecule has 0 aliphatic heterocycles. The molecule has 2 aromatic carbocycles. The minimum atomic E-state index is -6.20. The monoisotopic (exact) mass is 568 g/mol. The van der Waals surface area contributed by atoms with Crippen molar-refractivity contribution in [3.8, 4) is 0 Å². The molecule has 6 nitrogen and oxygen atoms in total. The normalized spacial score (nSPS) is 16.3. The molecular weight excluding hydrogens is 537 g/mol. The van der Waals surface area contributed by atoms with E-state index in [-0.39, 0.29) is 0 Å². The van der Waals surface area contributed by atoms with Crippen molar-refractivity contribution in [3.63, 3.8) is 0 Å². The fourth-order valence-corrected chi connectivity index (χ4v) is 7.26. The Morgan fingerprint density at radius 2 is 1.36 bits per heavy atom. The zero-order valence-corrected chi connectivity index (χ0v) is 22.3. The van der Waals surface area contributed by atoms with Crippen molar-refractivity contribution in [2.24, 2.45) is 0 Å². The highest BCUT2D eigenvalue weighted by Gasteiger charge is 2.48. The molecular formula is C24H31F3O6S3. The molecule has 3 rings (SSSR count). The van der Waals surface area contributed by atoms with Gasteiger partial charge in [-0.05, 0) is 36.6 Å². The van der Waals surface area contributed by atoms with Crippen LogP contribution >= 0.6 is 0 Å². The van der Waals surface area contributed by atoms with E-state index in [1.165, 1.54) is 54.7 Å². The topological polar surface area (TPSA) is 101 Å². The molecule has 0 heterocycles. The summed E-state index contributed by atoms with van der Waals surface area (Å²) >= 11 is 0. The van der Waals surface area contributed by atoms with E-state index < -0.39 is 38.3 Å². The van der Waals surface area contributed by atoms with Crippen molar-refractivity contribution in [2.75, 3.05) is 12.9 Å². The van der Waals surface area contributed by atoms with Gasteiger partial charge in [0.1, 0.15) is 23.4 Å². The molecule has 202 valence electrons. The first kappa shape index (κ1) is 30.6. The summed E-state index contributed by atoms with van der Waals surface area (Å²) in [6.07, 6.45) is 4.13. The second-order valence-corrected chi connectivity index (χ2v) is 13.9. The van der Waals surface area contributed by atoms with Crippen LogP contribution in [0, 0.1) is 0 Å². The molecule has 1 aliphatic rings. The quantitative estimate of drug-likeness (QED) is 0.232. The van der Waals surface area contributed by atoms with Gasteiger partial charge in [-0.2, -0.15) is 17.2 Å². The number of halogens is 3. The van der Waals surface area contributed by atoms with E-state index in [0.717, 1.165) is 5.25 Å². The maximum absolute atomic E-state index is 12.5. The lowest BCUT2D eigenvalue weighted by atomic mass is 10.0. The summed E-state index contributed by atoms with van der Waals surface area (Å²) in [6.45, 7) is -1.74. The maximum Gasteiger partial charge on any atom is 0.367 e. The fourth-order valence-electron chi connectivity index (χ4n) is 3.70. The summed E-state index contributed by atoms with van der Waals surface area (Å²) in [5.74, 6) is 2.53. The van der Waals surface area contributed by atoms with E-state index in [1.807, 2.05) is 0 Å². The lowest BCUT2D eigenvalue weighted by molar-refractivity contribution is -0.0215. The number of hydrogen-bond donors (Lipinski definition) is 0. The third kappa shape index (κ3) is 10.4. The molecule has 1 saturated carbocycles. The summed E-state index contributed by atoms with van der Waals surface area (Å²) in [4.78, 5) is 0. The first-order valence-electron chi connectivity index (χ1n) is 11.4. The van der Waals surface area contributed by atoms with Crippen LogP contribution in [0.5, 0.6) is 0 Å². The van der Waals surface area contributed by atoms with Crippen molar-refractivity contribution in [3.05, 3.63) is 71.8 Å². The van der Waals surface area contributed by atoms with Gasteiger partial charge in [0.2, 0.25) is 6.17 Å². The molecule has 0 spiro atoms. The Hall–Kier alpha value is -1.60. The van der Waals surface area contributed by atoms with E-state index in [9.17, 15) is 34.6 Å². The molecule has 0 N–H and O–H groups in total. The molecule has 1 aliphatic carbocycles. The van der Waals surface area contributed by atoms with Gasteiger partial charge in [0.15, 0.2) is 10.1 Å². The average molecular weight is 569 g/mol. The molecule has 1 fully saturated rings. The van der Waals surface area contributed by atoms with Crippen molar-refractivity contribution in [1.82, 2.24) is 0 Å². The van der Waals surface area contributed by atoms with Gasteiger partial charge in [0.05, 0.1) is 6.26 Å². The highest BCUT2D eigenvalue weighted by Crippen LogP contribution is 2.30. The van der Waals surface area contributed by atoms with Gasteiger partial charge in [-0.3, -0.25) is 4.18 Å². The predicted molar refractivity (Wildman–Crippen MR) is 135 cm³/mol. The van der Waals surface area contributed by atoms with Gasteiger partial charge in [0.25, 0.3) is 10.1 Å². The second kappa shape index (κ2) is 13.8. The third-order valence-electron chi connectivity index (χ3n) is 5.54. The van der Waals surface area contributed by atoms with Crippen LogP contribution < -0.4 is 0 Å². The highest BCUT2D eigenvalue weighted by atomic mass is 32.2. The van der Waals surface area contributed by atoms with Gasteiger partial charge < -0.3 is 4.55 Å². The average Bonchev–Trinajstić information content (AvgIpc) is 2.83. The SMILES string of the molecule is CS(=O)(=O)OCC(F)C(F)(F)S(=O)(=O)[O-].c1ccc(C[S+](Cc2ccccc2)C2CCCCC2)cc1. The molecule has 1 unspecified atom stereocenters. The molecule has 0 aromatic heterocycles. The van der Waals surface area contributed by atoms with E-state index in [4.69, 9.17) is 0 Å². The van der Waals surface area contributed by atoms with Crippen LogP contribution in [-0.4, -0.2) is 50.9 Å². The lowest BCUT2D eigenvalue weighted by Crippen LogP contribution is -2.41. The van der Waals surface area contributed by atoms with Gasteiger partial charge in [-0.1, -0.05) is 67.1 Å². The maximum atomic E-state index is 12.5. The summed E-state index contributed by atoms with van der Waals surface area (Å²) in [5.41, 5.74) is 3.03. The van der Waals surface area contributed by atoms with Crippen LogP contribution in [0.15, 0.2) is 60.7 Å². The Labute approximate surface area is 214 Å². The van der Waals surface area contributed by atoms with Crippen LogP contribution in [0.25, 0.3) is 0 Å². The van der Waals surface area contributed by atoms with Crippen molar-refractivity contribution >= 4 is 31.1 Å². The van der Waals surface area contributed by atoms with Crippen LogP contribution in [0.3, 0.4) is 0 Å². The Kier molecular flexibility index (Phi) is 11.7. The minimum Gasteiger partial charge on any atom is -0.743 e. The van der Waals surface area contributed by atoms with Gasteiger partial charge in [-0.15, -0.1) is 0 Å². The van der Waals surface area contributed by atoms with Crippen molar-refractivity contribution < 1.29 is 38.7 Å². The first-order valence-corrected chi connectivity index (χ1v) is 16.2. The van der Waals surface area contributed by atoms with Crippen LogP contribution in [0.1, 0.15) is 43.2 Å². The number of hydrogen-bond acceptors (Lipinski definition) is 6. The number of alkyl halides is 3. The van der Waals surface area contributed by atoms with Crippen molar-refractivity contribution in [1.29, 1.82) is 0 Å². The second-order valence-electron chi connectivity index (χ2n) is 8.53. The lowest BCUT2D eigenvalue weighted by Gasteiger charge is -2.23. The molecule has 0 radical (unpaired) electrons. The predicted octanol–water partition coefficient (Wildman–Crippen LogP) is 4.78. The summed E-state index contributed by atoms with van der Waals surface area (Å²) in [5, 5.41) is -4.28. The smallest absolute Gasteiger partial charge is 0.367 e. The van der Waals surface area contributed by atoms with E-state index >= 15 is 0 Å². The molecule has 2 aromatic rings. The van der Waals surface area contributed by atoms with E-state index in [1.54, 1.807) is 0 Å². The third-order valence-corrected chi connectivity index (χ3v) is 9.85. The molecule has 0 saturated heterocycles. The standard InChI is InChI=1S/C20H25S.C4H7F3O6S2/c1-4-10-18(11-5-1)16-21(20-14-8-3-9-15-20)17-19-12-6-2-7-13-19;1-14(8,9)13-2-3(5)4(6,7)15(10,11)12/h1-2,4-7,10-13,20H,3,8-9,14-17H2;3H,2H2,1H3,(H,10,11,12)/q+1;/p-1. The van der Waals surface area contributed by atoms with E-state index in [0.29, 0.717) is 17.2 Å². The minimum absolute atomic E-state index is 0.448. The summed E-state index contributed by atoms with van der Waals surface area (Å²) < 4.78 is 90.9. The molecule has 12 heteroatoms. The largest absolute Gasteiger partial charge is 0.743 e. The van der Waals surface area contributed by atoms with Gasteiger partial charge >= 0.3 is 5.25 Å². The molecule has 0 amide bonds. The Morgan fingerprint density at radius 3 is 1.75 bits per heavy atom. The zero-order valence-electron chi connectivity index (χ0n) is 19.9. The highest BCUT2D eigenvalue weighted by molar-refractivity contribution is 7.96. The molecule has 36 heavy (non-hydrogen) atoms. The molecule has 0 bridgehead atoms. The fraction of sp³-hybridized carbons (Fsp3) is 0.500. The Balaban J connectivity index is 0.000000271. The number of benzene rings is 2. The van der Waals surface area contributed by atoms with Gasteiger partial charge in [-0.25, -0.2) is 12.8 Å². The summed E-state index contributed by atoms with van der Waals surface area (Å²) in [7, 11) is -9.91. The Bertz CT molecular complexity index is 1080. The number of rotatable bonds is 10. The van der Waals surface area contributed by atoms with Crippen molar-refractivity contribution in [2.45, 2.75) is 60.3 Å². The zero-order chi connectivity index (χ0) is 26.8. The van der Waals surface area contributed by atoms with E-state index in [2.05, 4.69) is 64.8 Å².